The lowest BCUT2D eigenvalue weighted by Crippen LogP contribution is -2.10. The summed E-state index contributed by atoms with van der Waals surface area (Å²) in [6, 6.07) is 0. The second kappa shape index (κ2) is 3.52. The van der Waals surface area contributed by atoms with Crippen LogP contribution in [0.5, 0.6) is 0 Å². The number of aromatic amines is 1. The summed E-state index contributed by atoms with van der Waals surface area (Å²) in [6.07, 6.45) is 3.40. The molecule has 2 aromatic heterocycles. The zero-order valence-corrected chi connectivity index (χ0v) is 8.18. The van der Waals surface area contributed by atoms with E-state index in [4.69, 9.17) is 11.5 Å². The number of nitrogens with one attached hydrogen (secondary N) is 1. The molecule has 7 heteroatoms. The minimum absolute atomic E-state index is 0.0902. The molecule has 78 valence electrons. The third kappa shape index (κ3) is 1.85. The van der Waals surface area contributed by atoms with Crippen LogP contribution in [0.25, 0.3) is 0 Å². The molecule has 2 aromatic rings. The maximum absolute atomic E-state index is 5.48. The molecule has 7 nitrogen and oxygen atoms in total. The summed E-state index contributed by atoms with van der Waals surface area (Å²) < 4.78 is 0. The van der Waals surface area contributed by atoms with E-state index in [9.17, 15) is 0 Å². The molecule has 0 amide bonds. The molecule has 0 radical (unpaired) electrons. The number of hydrogen-bond acceptors (Lipinski definition) is 6. The number of nitrogens with zero attached hydrogens (tertiary/aromatic N) is 4. The van der Waals surface area contributed by atoms with E-state index in [1.807, 2.05) is 6.92 Å². The fourth-order valence-electron chi connectivity index (χ4n) is 1.26. The molecule has 0 saturated carbocycles. The molecule has 2 rings (SSSR count). The molecular weight excluding hydrogens is 194 g/mol. The number of aromatic nitrogens is 5. The third-order valence-corrected chi connectivity index (χ3v) is 2.00. The summed E-state index contributed by atoms with van der Waals surface area (Å²) in [7, 11) is 0. The van der Waals surface area contributed by atoms with Crippen molar-refractivity contribution in [3.8, 4) is 0 Å². The van der Waals surface area contributed by atoms with Crippen molar-refractivity contribution in [1.29, 1.82) is 0 Å². The minimum atomic E-state index is -0.0902. The largest absolute Gasteiger partial charge is 0.368 e. The van der Waals surface area contributed by atoms with Gasteiger partial charge in [-0.25, -0.2) is 4.98 Å². The number of hydrogen-bond donors (Lipinski definition) is 3. The Hall–Kier alpha value is -2.18. The van der Waals surface area contributed by atoms with Gasteiger partial charge in [0, 0.05) is 12.4 Å². The van der Waals surface area contributed by atoms with Crippen LogP contribution in [0.3, 0.4) is 0 Å². The molecule has 0 spiro atoms. The average molecular weight is 205 g/mol. The Morgan fingerprint density at radius 1 is 1.20 bits per heavy atom. The SMILES string of the molecule is CC(c1nc(N)nc(N)n1)c1ncc[nH]1. The van der Waals surface area contributed by atoms with Crippen LogP contribution in [-0.4, -0.2) is 24.9 Å². The highest BCUT2D eigenvalue weighted by atomic mass is 15.1. The Labute approximate surface area is 86.0 Å². The van der Waals surface area contributed by atoms with E-state index in [1.165, 1.54) is 0 Å². The number of anilines is 2. The molecule has 5 N–H and O–H groups in total. The van der Waals surface area contributed by atoms with Gasteiger partial charge in [0.25, 0.3) is 0 Å². The maximum Gasteiger partial charge on any atom is 0.225 e. The Balaban J connectivity index is 2.37. The second-order valence-corrected chi connectivity index (χ2v) is 3.11. The van der Waals surface area contributed by atoms with Crippen LogP contribution in [-0.2, 0) is 0 Å². The lowest BCUT2D eigenvalue weighted by molar-refractivity contribution is 0.761. The van der Waals surface area contributed by atoms with Gasteiger partial charge in [-0.15, -0.1) is 0 Å². The van der Waals surface area contributed by atoms with Gasteiger partial charge in [0.15, 0.2) is 0 Å². The molecule has 2 heterocycles. The third-order valence-electron chi connectivity index (χ3n) is 2.00. The molecule has 0 fully saturated rings. The average Bonchev–Trinajstić information content (AvgIpc) is 2.67. The van der Waals surface area contributed by atoms with Gasteiger partial charge in [-0.1, -0.05) is 0 Å². The summed E-state index contributed by atoms with van der Waals surface area (Å²) in [5, 5.41) is 0. The number of H-pyrrole nitrogens is 1. The van der Waals surface area contributed by atoms with Crippen molar-refractivity contribution in [3.05, 3.63) is 24.0 Å². The van der Waals surface area contributed by atoms with Gasteiger partial charge in [-0.05, 0) is 6.92 Å². The van der Waals surface area contributed by atoms with Crippen molar-refractivity contribution in [2.45, 2.75) is 12.8 Å². The highest BCUT2D eigenvalue weighted by Gasteiger charge is 2.15. The van der Waals surface area contributed by atoms with Gasteiger partial charge in [-0.3, -0.25) is 0 Å². The summed E-state index contributed by atoms with van der Waals surface area (Å²) in [6.45, 7) is 1.91. The van der Waals surface area contributed by atoms with Gasteiger partial charge in [0.05, 0.1) is 5.92 Å². The molecule has 0 bridgehead atoms. The quantitative estimate of drug-likeness (QED) is 0.630. The first kappa shape index (κ1) is 9.38. The predicted molar refractivity (Wildman–Crippen MR) is 54.8 cm³/mol. The Kier molecular flexibility index (Phi) is 2.20. The topological polar surface area (TPSA) is 119 Å². The lowest BCUT2D eigenvalue weighted by Gasteiger charge is -2.07. The molecule has 0 aliphatic rings. The van der Waals surface area contributed by atoms with Crippen LogP contribution >= 0.6 is 0 Å². The Morgan fingerprint density at radius 3 is 2.40 bits per heavy atom. The first-order valence-electron chi connectivity index (χ1n) is 4.43. The van der Waals surface area contributed by atoms with E-state index >= 15 is 0 Å². The van der Waals surface area contributed by atoms with Crippen LogP contribution in [0.15, 0.2) is 12.4 Å². The Bertz CT molecular complexity index is 430. The van der Waals surface area contributed by atoms with Crippen molar-refractivity contribution < 1.29 is 0 Å². The number of nitrogen functional groups attached to an aromatic ring is 2. The summed E-state index contributed by atoms with van der Waals surface area (Å²) in [5.74, 6) is 1.43. The standard InChI is InChI=1S/C8H11N7/c1-4(5-11-2-3-12-5)6-13-7(9)15-8(10)14-6/h2-4H,1H3,(H,11,12)(H4,9,10,13,14,15). The van der Waals surface area contributed by atoms with Crippen LogP contribution in [0, 0.1) is 0 Å². The fraction of sp³-hybridized carbons (Fsp3) is 0.250. The lowest BCUT2D eigenvalue weighted by atomic mass is 10.1. The van der Waals surface area contributed by atoms with E-state index in [0.717, 1.165) is 5.82 Å². The zero-order chi connectivity index (χ0) is 10.8. The molecule has 0 aliphatic carbocycles. The first-order chi connectivity index (χ1) is 7.16. The van der Waals surface area contributed by atoms with Gasteiger partial charge < -0.3 is 16.5 Å². The van der Waals surface area contributed by atoms with Crippen molar-refractivity contribution in [2.24, 2.45) is 0 Å². The maximum atomic E-state index is 5.48. The summed E-state index contributed by atoms with van der Waals surface area (Å²) >= 11 is 0. The number of nitrogens with two attached hydrogens (primary N) is 2. The highest BCUT2D eigenvalue weighted by Crippen LogP contribution is 2.17. The number of imidazole rings is 1. The van der Waals surface area contributed by atoms with Crippen molar-refractivity contribution in [3.63, 3.8) is 0 Å². The predicted octanol–water partition coefficient (Wildman–Crippen LogP) is -0.0891. The van der Waals surface area contributed by atoms with Crippen LogP contribution in [0.4, 0.5) is 11.9 Å². The molecule has 0 aromatic carbocycles. The van der Waals surface area contributed by atoms with Gasteiger partial charge in [-0.2, -0.15) is 15.0 Å². The first-order valence-corrected chi connectivity index (χ1v) is 4.43. The van der Waals surface area contributed by atoms with Crippen LogP contribution in [0.1, 0.15) is 24.5 Å². The summed E-state index contributed by atoms with van der Waals surface area (Å²) in [4.78, 5) is 18.8. The monoisotopic (exact) mass is 205 g/mol. The summed E-state index contributed by atoms with van der Waals surface area (Å²) in [5.41, 5.74) is 11.0. The molecule has 15 heavy (non-hydrogen) atoms. The molecule has 0 saturated heterocycles. The molecule has 1 atom stereocenters. The second-order valence-electron chi connectivity index (χ2n) is 3.11. The minimum Gasteiger partial charge on any atom is -0.368 e. The van der Waals surface area contributed by atoms with Gasteiger partial charge in [0.1, 0.15) is 11.6 Å². The van der Waals surface area contributed by atoms with Gasteiger partial charge in [0.2, 0.25) is 11.9 Å². The van der Waals surface area contributed by atoms with E-state index in [-0.39, 0.29) is 17.8 Å². The van der Waals surface area contributed by atoms with Crippen molar-refractivity contribution >= 4 is 11.9 Å². The van der Waals surface area contributed by atoms with E-state index in [0.29, 0.717) is 5.82 Å². The molecule has 1 unspecified atom stereocenters. The number of rotatable bonds is 2. The fourth-order valence-corrected chi connectivity index (χ4v) is 1.26. The van der Waals surface area contributed by atoms with E-state index in [1.54, 1.807) is 12.4 Å². The highest BCUT2D eigenvalue weighted by molar-refractivity contribution is 5.28. The molecular formula is C8H11N7. The normalized spacial score (nSPS) is 12.6. The van der Waals surface area contributed by atoms with Crippen molar-refractivity contribution in [1.82, 2.24) is 24.9 Å². The van der Waals surface area contributed by atoms with E-state index in [2.05, 4.69) is 24.9 Å². The van der Waals surface area contributed by atoms with Crippen molar-refractivity contribution in [2.75, 3.05) is 11.5 Å². The Morgan fingerprint density at radius 2 is 1.87 bits per heavy atom. The van der Waals surface area contributed by atoms with Crippen LogP contribution < -0.4 is 11.5 Å². The molecule has 0 aliphatic heterocycles. The van der Waals surface area contributed by atoms with E-state index < -0.39 is 0 Å². The van der Waals surface area contributed by atoms with Crippen LogP contribution in [0.2, 0.25) is 0 Å². The van der Waals surface area contributed by atoms with Gasteiger partial charge >= 0.3 is 0 Å². The zero-order valence-electron chi connectivity index (χ0n) is 8.18. The smallest absolute Gasteiger partial charge is 0.225 e.